The van der Waals surface area contributed by atoms with Crippen LogP contribution in [0.15, 0.2) is 30.3 Å². The fourth-order valence-electron chi connectivity index (χ4n) is 3.43. The van der Waals surface area contributed by atoms with E-state index in [4.69, 9.17) is 4.74 Å². The topological polar surface area (TPSA) is 53.6 Å². The van der Waals surface area contributed by atoms with Gasteiger partial charge in [0.1, 0.15) is 0 Å². The zero-order valence-corrected chi connectivity index (χ0v) is 13.7. The fourth-order valence-corrected chi connectivity index (χ4v) is 3.43. The maximum atomic E-state index is 12.4. The van der Waals surface area contributed by atoms with Gasteiger partial charge in [0, 0.05) is 26.2 Å². The van der Waals surface area contributed by atoms with Crippen molar-refractivity contribution in [1.82, 2.24) is 15.5 Å². The zero-order valence-electron chi connectivity index (χ0n) is 13.7. The molecule has 2 N–H and O–H groups in total. The minimum Gasteiger partial charge on any atom is -0.379 e. The van der Waals surface area contributed by atoms with Crippen LogP contribution in [-0.2, 0) is 9.53 Å². The van der Waals surface area contributed by atoms with Crippen molar-refractivity contribution in [3.05, 3.63) is 35.9 Å². The Morgan fingerprint density at radius 1 is 1.26 bits per heavy atom. The maximum Gasteiger partial charge on any atom is 0.237 e. The number of nitrogens with one attached hydrogen (secondary N) is 2. The number of benzene rings is 1. The predicted octanol–water partition coefficient (Wildman–Crippen LogP) is 0.971. The van der Waals surface area contributed by atoms with E-state index in [0.29, 0.717) is 12.5 Å². The second kappa shape index (κ2) is 8.43. The normalized spacial score (nSPS) is 25.9. The van der Waals surface area contributed by atoms with E-state index < -0.39 is 0 Å². The van der Waals surface area contributed by atoms with Gasteiger partial charge in [0.25, 0.3) is 0 Å². The monoisotopic (exact) mass is 317 g/mol. The summed E-state index contributed by atoms with van der Waals surface area (Å²) in [6, 6.07) is 10.5. The molecule has 126 valence electrons. The van der Waals surface area contributed by atoms with E-state index in [9.17, 15) is 4.79 Å². The van der Waals surface area contributed by atoms with Gasteiger partial charge < -0.3 is 15.4 Å². The summed E-state index contributed by atoms with van der Waals surface area (Å²) in [5, 5.41) is 6.45. The molecular formula is C18H27N3O2. The summed E-state index contributed by atoms with van der Waals surface area (Å²) in [6.07, 6.45) is 1.98. The van der Waals surface area contributed by atoms with Crippen molar-refractivity contribution in [3.63, 3.8) is 0 Å². The number of hydrogen-bond acceptors (Lipinski definition) is 4. The molecule has 1 aromatic carbocycles. The lowest BCUT2D eigenvalue weighted by molar-refractivity contribution is -0.123. The third-order valence-electron chi connectivity index (χ3n) is 4.82. The molecule has 0 aliphatic carbocycles. The summed E-state index contributed by atoms with van der Waals surface area (Å²) in [6.45, 7) is 6.06. The molecule has 2 aliphatic heterocycles. The van der Waals surface area contributed by atoms with Gasteiger partial charge in [0.05, 0.1) is 19.3 Å². The highest BCUT2D eigenvalue weighted by Crippen LogP contribution is 2.27. The van der Waals surface area contributed by atoms with Crippen LogP contribution in [0.3, 0.4) is 0 Å². The smallest absolute Gasteiger partial charge is 0.237 e. The third kappa shape index (κ3) is 4.77. The van der Waals surface area contributed by atoms with Crippen LogP contribution < -0.4 is 10.6 Å². The minimum atomic E-state index is -0.0707. The van der Waals surface area contributed by atoms with Gasteiger partial charge in [-0.05, 0) is 30.9 Å². The summed E-state index contributed by atoms with van der Waals surface area (Å²) in [5.74, 6) is 0.617. The van der Waals surface area contributed by atoms with E-state index in [2.05, 4.69) is 39.8 Å². The van der Waals surface area contributed by atoms with Gasteiger partial charge >= 0.3 is 0 Å². The molecule has 0 aromatic heterocycles. The van der Waals surface area contributed by atoms with Gasteiger partial charge in [-0.2, -0.15) is 0 Å². The summed E-state index contributed by atoms with van der Waals surface area (Å²) < 4.78 is 5.34. The Balaban J connectivity index is 1.43. The first kappa shape index (κ1) is 16.4. The molecule has 2 heterocycles. The van der Waals surface area contributed by atoms with E-state index in [1.54, 1.807) is 0 Å². The number of amides is 1. The lowest BCUT2D eigenvalue weighted by Gasteiger charge is -2.30. The SMILES string of the molecule is O=C(NCCN1CCOCC1)[C@@H]1C[C@H](c2ccccc2)CCN1. The van der Waals surface area contributed by atoms with Crippen LogP contribution in [0.2, 0.25) is 0 Å². The molecule has 5 heteroatoms. The molecule has 0 bridgehead atoms. The minimum absolute atomic E-state index is 0.0707. The second-order valence-electron chi connectivity index (χ2n) is 6.38. The van der Waals surface area contributed by atoms with Crippen molar-refractivity contribution in [1.29, 1.82) is 0 Å². The molecule has 2 saturated heterocycles. The lowest BCUT2D eigenvalue weighted by atomic mass is 9.86. The van der Waals surface area contributed by atoms with E-state index in [1.807, 2.05) is 6.07 Å². The molecule has 0 unspecified atom stereocenters. The number of hydrogen-bond donors (Lipinski definition) is 2. The molecule has 2 atom stereocenters. The Bertz CT molecular complexity index is 488. The van der Waals surface area contributed by atoms with Gasteiger partial charge in [-0.15, -0.1) is 0 Å². The highest BCUT2D eigenvalue weighted by atomic mass is 16.5. The first-order valence-corrected chi connectivity index (χ1v) is 8.69. The molecule has 0 saturated carbocycles. The van der Waals surface area contributed by atoms with Crippen molar-refractivity contribution in [3.8, 4) is 0 Å². The quantitative estimate of drug-likeness (QED) is 0.850. The molecule has 0 radical (unpaired) electrons. The van der Waals surface area contributed by atoms with E-state index in [1.165, 1.54) is 5.56 Å². The van der Waals surface area contributed by atoms with Crippen LogP contribution in [0.5, 0.6) is 0 Å². The Kier molecular flexibility index (Phi) is 6.02. The van der Waals surface area contributed by atoms with Gasteiger partial charge in [0.2, 0.25) is 5.91 Å². The number of ether oxygens (including phenoxy) is 1. The Labute approximate surface area is 138 Å². The van der Waals surface area contributed by atoms with Crippen LogP contribution in [0.25, 0.3) is 0 Å². The van der Waals surface area contributed by atoms with Gasteiger partial charge in [0.15, 0.2) is 0 Å². The van der Waals surface area contributed by atoms with Crippen molar-refractivity contribution >= 4 is 5.91 Å². The Morgan fingerprint density at radius 2 is 2.04 bits per heavy atom. The molecular weight excluding hydrogens is 290 g/mol. The van der Waals surface area contributed by atoms with E-state index >= 15 is 0 Å². The summed E-state index contributed by atoms with van der Waals surface area (Å²) in [5.41, 5.74) is 1.35. The lowest BCUT2D eigenvalue weighted by Crippen LogP contribution is -2.50. The highest BCUT2D eigenvalue weighted by Gasteiger charge is 2.27. The second-order valence-corrected chi connectivity index (χ2v) is 6.38. The average molecular weight is 317 g/mol. The van der Waals surface area contributed by atoms with Crippen molar-refractivity contribution < 1.29 is 9.53 Å². The van der Waals surface area contributed by atoms with Gasteiger partial charge in [-0.25, -0.2) is 0 Å². The molecule has 1 amide bonds. The third-order valence-corrected chi connectivity index (χ3v) is 4.82. The predicted molar refractivity (Wildman–Crippen MR) is 90.5 cm³/mol. The molecule has 23 heavy (non-hydrogen) atoms. The van der Waals surface area contributed by atoms with E-state index in [0.717, 1.165) is 52.2 Å². The zero-order chi connectivity index (χ0) is 15.9. The van der Waals surface area contributed by atoms with Crippen molar-refractivity contribution in [2.24, 2.45) is 0 Å². The van der Waals surface area contributed by atoms with Crippen LogP contribution >= 0.6 is 0 Å². The van der Waals surface area contributed by atoms with Crippen molar-refractivity contribution in [2.75, 3.05) is 45.9 Å². The van der Waals surface area contributed by atoms with Gasteiger partial charge in [-0.1, -0.05) is 30.3 Å². The number of morpholine rings is 1. The molecule has 2 aliphatic rings. The summed E-state index contributed by atoms with van der Waals surface area (Å²) >= 11 is 0. The number of rotatable bonds is 5. The van der Waals surface area contributed by atoms with Crippen LogP contribution in [0, 0.1) is 0 Å². The number of carbonyl (C=O) groups excluding carboxylic acids is 1. The Hall–Kier alpha value is -1.43. The van der Waals surface area contributed by atoms with E-state index in [-0.39, 0.29) is 11.9 Å². The highest BCUT2D eigenvalue weighted by molar-refractivity contribution is 5.81. The number of carbonyl (C=O) groups is 1. The number of piperidine rings is 1. The first-order valence-electron chi connectivity index (χ1n) is 8.69. The van der Waals surface area contributed by atoms with Crippen molar-refractivity contribution in [2.45, 2.75) is 24.8 Å². The largest absolute Gasteiger partial charge is 0.379 e. The molecule has 3 rings (SSSR count). The number of nitrogens with zero attached hydrogens (tertiary/aromatic N) is 1. The average Bonchev–Trinajstić information content (AvgIpc) is 2.63. The molecule has 2 fully saturated rings. The molecule has 5 nitrogen and oxygen atoms in total. The van der Waals surface area contributed by atoms with Gasteiger partial charge in [-0.3, -0.25) is 9.69 Å². The first-order chi connectivity index (χ1) is 11.3. The van der Waals surface area contributed by atoms with Crippen LogP contribution in [-0.4, -0.2) is 62.8 Å². The van der Waals surface area contributed by atoms with Crippen LogP contribution in [0.1, 0.15) is 24.3 Å². The summed E-state index contributed by atoms with van der Waals surface area (Å²) in [7, 11) is 0. The summed E-state index contributed by atoms with van der Waals surface area (Å²) in [4.78, 5) is 14.7. The maximum absolute atomic E-state index is 12.4. The fraction of sp³-hybridized carbons (Fsp3) is 0.611. The Morgan fingerprint density at radius 3 is 2.83 bits per heavy atom. The molecule has 0 spiro atoms. The molecule has 1 aromatic rings. The standard InChI is InChI=1S/C18H27N3O2/c22-18(20-8-9-21-10-12-23-13-11-21)17-14-16(6-7-19-17)15-4-2-1-3-5-15/h1-5,16-17,19H,6-14H2,(H,20,22)/t16-,17+/m1/s1. The van der Waals surface area contributed by atoms with Crippen LogP contribution in [0.4, 0.5) is 0 Å².